The number of carbonyl (C=O) groups is 1. The highest BCUT2D eigenvalue weighted by molar-refractivity contribution is 5.85. The van der Waals surface area contributed by atoms with Gasteiger partial charge < -0.3 is 16.4 Å². The summed E-state index contributed by atoms with van der Waals surface area (Å²) in [5.74, 6) is -1.20. The second-order valence-corrected chi connectivity index (χ2v) is 6.10. The molecular weight excluding hydrogens is 303 g/mol. The van der Waals surface area contributed by atoms with Gasteiger partial charge in [0.2, 0.25) is 5.91 Å². The summed E-state index contributed by atoms with van der Waals surface area (Å²) in [7, 11) is 1.42. The Kier molecular flexibility index (Phi) is 4.81. The van der Waals surface area contributed by atoms with E-state index < -0.39 is 27.6 Å². The molecule has 1 atom stereocenters. The van der Waals surface area contributed by atoms with Gasteiger partial charge in [-0.2, -0.15) is 0 Å². The van der Waals surface area contributed by atoms with Gasteiger partial charge in [0.15, 0.2) is 0 Å². The Morgan fingerprint density at radius 1 is 1.39 bits per heavy atom. The van der Waals surface area contributed by atoms with Crippen LogP contribution in [0.15, 0.2) is 30.6 Å². The molecule has 0 heterocycles. The van der Waals surface area contributed by atoms with Crippen molar-refractivity contribution in [3.8, 4) is 0 Å². The van der Waals surface area contributed by atoms with Crippen LogP contribution in [0, 0.1) is 21.3 Å². The maximum absolute atomic E-state index is 14.2. The molecule has 126 valence electrons. The summed E-state index contributed by atoms with van der Waals surface area (Å²) in [5, 5.41) is 10.9. The molecule has 0 saturated carbocycles. The molecule has 7 nitrogen and oxygen atoms in total. The van der Waals surface area contributed by atoms with E-state index in [-0.39, 0.29) is 17.1 Å². The predicted octanol–water partition coefficient (Wildman–Crippen LogP) is 1.82. The quantitative estimate of drug-likeness (QED) is 0.633. The van der Waals surface area contributed by atoms with Gasteiger partial charge in [-0.25, -0.2) is 4.39 Å². The number of nitrogens with two attached hydrogens (primary N) is 2. The Morgan fingerprint density at radius 3 is 2.35 bits per heavy atom. The first-order valence-corrected chi connectivity index (χ1v) is 6.80. The van der Waals surface area contributed by atoms with E-state index in [1.165, 1.54) is 27.8 Å². The molecule has 0 spiro atoms. The van der Waals surface area contributed by atoms with Crippen LogP contribution in [0.2, 0.25) is 0 Å². The van der Waals surface area contributed by atoms with Crippen LogP contribution in [0.5, 0.6) is 0 Å². The maximum Gasteiger partial charge on any atom is 0.269 e. The van der Waals surface area contributed by atoms with Crippen molar-refractivity contribution < 1.29 is 14.1 Å². The SMILES string of the molecule is C=C(N)N(C)C(=O)C(C)(C)[C@](C)(N)c1cc([N+](=O)[O-])ccc1F. The largest absolute Gasteiger partial charge is 0.386 e. The Labute approximate surface area is 133 Å². The Bertz CT molecular complexity index is 671. The summed E-state index contributed by atoms with van der Waals surface area (Å²) in [6.07, 6.45) is 0. The zero-order valence-corrected chi connectivity index (χ0v) is 13.6. The predicted molar refractivity (Wildman–Crippen MR) is 84.5 cm³/mol. The minimum Gasteiger partial charge on any atom is -0.386 e. The average Bonchev–Trinajstić information content (AvgIpc) is 2.45. The molecule has 0 radical (unpaired) electrons. The summed E-state index contributed by atoms with van der Waals surface area (Å²) in [4.78, 5) is 24.0. The topological polar surface area (TPSA) is 115 Å². The average molecular weight is 324 g/mol. The lowest BCUT2D eigenvalue weighted by molar-refractivity contribution is -0.385. The summed E-state index contributed by atoms with van der Waals surface area (Å²) in [6, 6.07) is 3.05. The highest BCUT2D eigenvalue weighted by Gasteiger charge is 2.48. The van der Waals surface area contributed by atoms with Gasteiger partial charge in [-0.15, -0.1) is 0 Å². The lowest BCUT2D eigenvalue weighted by Crippen LogP contribution is -2.56. The van der Waals surface area contributed by atoms with Gasteiger partial charge in [0.05, 0.1) is 21.7 Å². The summed E-state index contributed by atoms with van der Waals surface area (Å²) < 4.78 is 14.2. The number of halogens is 1. The maximum atomic E-state index is 14.2. The van der Waals surface area contributed by atoms with Crippen LogP contribution in [0.25, 0.3) is 0 Å². The number of hydrogen-bond acceptors (Lipinski definition) is 5. The smallest absolute Gasteiger partial charge is 0.269 e. The van der Waals surface area contributed by atoms with E-state index in [0.717, 1.165) is 23.1 Å². The molecular formula is C15H21FN4O3. The summed E-state index contributed by atoms with van der Waals surface area (Å²) in [6.45, 7) is 7.96. The summed E-state index contributed by atoms with van der Waals surface area (Å²) in [5.41, 5.74) is 8.50. The zero-order valence-electron chi connectivity index (χ0n) is 13.6. The zero-order chi connectivity index (χ0) is 18.2. The minimum absolute atomic E-state index is 0.0124. The molecule has 23 heavy (non-hydrogen) atoms. The van der Waals surface area contributed by atoms with Gasteiger partial charge in [0.25, 0.3) is 5.69 Å². The van der Waals surface area contributed by atoms with E-state index in [4.69, 9.17) is 11.5 Å². The van der Waals surface area contributed by atoms with Crippen LogP contribution in [-0.4, -0.2) is 22.8 Å². The first kappa shape index (κ1) is 18.6. The summed E-state index contributed by atoms with van der Waals surface area (Å²) >= 11 is 0. The second kappa shape index (κ2) is 5.96. The molecule has 4 N–H and O–H groups in total. The molecule has 0 aliphatic carbocycles. The fourth-order valence-electron chi connectivity index (χ4n) is 2.13. The standard InChI is InChI=1S/C15H21FN4O3/c1-9(17)19(5)13(21)14(2,3)15(4,18)11-8-10(20(22)23)6-7-12(11)16/h6-8H,1,17-18H2,2-5H3/t15-/m1/s1. The van der Waals surface area contributed by atoms with E-state index in [2.05, 4.69) is 6.58 Å². The number of nitro benzene ring substituents is 1. The number of nitrogens with zero attached hydrogens (tertiary/aromatic N) is 2. The monoisotopic (exact) mass is 324 g/mol. The molecule has 1 rings (SSSR count). The van der Waals surface area contributed by atoms with Crippen molar-refractivity contribution in [1.29, 1.82) is 0 Å². The van der Waals surface area contributed by atoms with Gasteiger partial charge >= 0.3 is 0 Å². The Hall–Kier alpha value is -2.48. The molecule has 0 bridgehead atoms. The second-order valence-electron chi connectivity index (χ2n) is 6.10. The third-order valence-electron chi connectivity index (χ3n) is 4.29. The van der Waals surface area contributed by atoms with Crippen LogP contribution in [0.3, 0.4) is 0 Å². The number of non-ortho nitro benzene ring substituents is 1. The van der Waals surface area contributed by atoms with Crippen molar-refractivity contribution in [2.75, 3.05) is 7.05 Å². The highest BCUT2D eigenvalue weighted by atomic mass is 19.1. The molecule has 1 aromatic rings. The van der Waals surface area contributed by atoms with Gasteiger partial charge in [0, 0.05) is 24.7 Å². The number of rotatable bonds is 5. The molecule has 1 aromatic carbocycles. The normalized spacial score (nSPS) is 14.0. The van der Waals surface area contributed by atoms with Crippen LogP contribution in [0.4, 0.5) is 10.1 Å². The molecule has 0 saturated heterocycles. The minimum atomic E-state index is -1.52. The lowest BCUT2D eigenvalue weighted by atomic mass is 9.68. The van der Waals surface area contributed by atoms with Crippen molar-refractivity contribution in [2.45, 2.75) is 26.3 Å². The van der Waals surface area contributed by atoms with Crippen molar-refractivity contribution >= 4 is 11.6 Å². The molecule has 0 aromatic heterocycles. The third kappa shape index (κ3) is 3.16. The molecule has 0 aliphatic heterocycles. The number of hydrogen-bond donors (Lipinski definition) is 2. The van der Waals surface area contributed by atoms with Crippen LogP contribution >= 0.6 is 0 Å². The Morgan fingerprint density at radius 2 is 1.91 bits per heavy atom. The van der Waals surface area contributed by atoms with E-state index >= 15 is 0 Å². The number of nitro groups is 1. The van der Waals surface area contributed by atoms with Gasteiger partial charge in [-0.3, -0.25) is 14.9 Å². The number of carbonyl (C=O) groups excluding carboxylic acids is 1. The Balaban J connectivity index is 3.45. The highest BCUT2D eigenvalue weighted by Crippen LogP contribution is 2.41. The molecule has 8 heteroatoms. The molecule has 0 unspecified atom stereocenters. The lowest BCUT2D eigenvalue weighted by Gasteiger charge is -2.42. The number of benzene rings is 1. The van der Waals surface area contributed by atoms with Crippen LogP contribution in [0.1, 0.15) is 26.3 Å². The fraction of sp³-hybridized carbons (Fsp3) is 0.400. The molecule has 0 aliphatic rings. The van der Waals surface area contributed by atoms with E-state index in [1.807, 2.05) is 0 Å². The van der Waals surface area contributed by atoms with E-state index in [0.29, 0.717) is 0 Å². The van der Waals surface area contributed by atoms with Gasteiger partial charge in [0.1, 0.15) is 5.82 Å². The van der Waals surface area contributed by atoms with Crippen molar-refractivity contribution in [3.63, 3.8) is 0 Å². The first-order valence-electron chi connectivity index (χ1n) is 6.80. The van der Waals surface area contributed by atoms with Crippen molar-refractivity contribution in [1.82, 2.24) is 4.90 Å². The van der Waals surface area contributed by atoms with Gasteiger partial charge in [-0.1, -0.05) is 6.58 Å². The van der Waals surface area contributed by atoms with Crippen LogP contribution in [-0.2, 0) is 10.3 Å². The van der Waals surface area contributed by atoms with Gasteiger partial charge in [-0.05, 0) is 26.8 Å². The molecule has 1 amide bonds. The van der Waals surface area contributed by atoms with Crippen molar-refractivity contribution in [2.24, 2.45) is 16.9 Å². The van der Waals surface area contributed by atoms with E-state index in [9.17, 15) is 19.3 Å². The third-order valence-corrected chi connectivity index (χ3v) is 4.29. The first-order chi connectivity index (χ1) is 10.3. The van der Waals surface area contributed by atoms with Crippen molar-refractivity contribution in [3.05, 3.63) is 52.1 Å². The number of amides is 1. The van der Waals surface area contributed by atoms with Crippen LogP contribution < -0.4 is 11.5 Å². The molecule has 0 fully saturated rings. The fourth-order valence-corrected chi connectivity index (χ4v) is 2.13. The van der Waals surface area contributed by atoms with E-state index in [1.54, 1.807) is 0 Å².